The molecule has 0 saturated carbocycles. The van der Waals surface area contributed by atoms with E-state index in [9.17, 15) is 17.6 Å². The predicted molar refractivity (Wildman–Crippen MR) is 49.5 cm³/mol. The first-order valence-electron chi connectivity index (χ1n) is 5.10. The SMILES string of the molecule is FCCN(CC(F)(F)F)C1CCNCC1. The molecular weight excluding hydrogens is 212 g/mol. The van der Waals surface area contributed by atoms with Crippen molar-refractivity contribution in [3.8, 4) is 0 Å². The Morgan fingerprint density at radius 3 is 2.27 bits per heavy atom. The summed E-state index contributed by atoms with van der Waals surface area (Å²) >= 11 is 0. The van der Waals surface area contributed by atoms with E-state index in [0.717, 1.165) is 0 Å². The number of nitrogens with one attached hydrogen (secondary N) is 1. The third-order valence-electron chi connectivity index (χ3n) is 2.58. The Hall–Kier alpha value is -0.360. The highest BCUT2D eigenvalue weighted by atomic mass is 19.4. The molecule has 0 radical (unpaired) electrons. The van der Waals surface area contributed by atoms with Crippen molar-refractivity contribution in [3.05, 3.63) is 0 Å². The van der Waals surface area contributed by atoms with Crippen LogP contribution in [-0.2, 0) is 0 Å². The number of alkyl halides is 4. The molecule has 1 N–H and O–H groups in total. The Balaban J connectivity index is 2.47. The average molecular weight is 228 g/mol. The van der Waals surface area contributed by atoms with E-state index in [2.05, 4.69) is 5.32 Å². The topological polar surface area (TPSA) is 15.3 Å². The number of hydrogen-bond donors (Lipinski definition) is 1. The van der Waals surface area contributed by atoms with E-state index < -0.39 is 19.4 Å². The van der Waals surface area contributed by atoms with Crippen molar-refractivity contribution < 1.29 is 17.6 Å². The van der Waals surface area contributed by atoms with Gasteiger partial charge >= 0.3 is 6.18 Å². The molecule has 0 aromatic heterocycles. The lowest BCUT2D eigenvalue weighted by Gasteiger charge is -2.34. The van der Waals surface area contributed by atoms with Crippen molar-refractivity contribution in [2.24, 2.45) is 0 Å². The summed E-state index contributed by atoms with van der Waals surface area (Å²) in [7, 11) is 0. The Labute approximate surface area is 86.6 Å². The van der Waals surface area contributed by atoms with Crippen LogP contribution in [0.3, 0.4) is 0 Å². The number of hydrogen-bond acceptors (Lipinski definition) is 2. The third kappa shape index (κ3) is 4.79. The van der Waals surface area contributed by atoms with Gasteiger partial charge < -0.3 is 5.32 Å². The van der Waals surface area contributed by atoms with Gasteiger partial charge in [0.05, 0.1) is 6.54 Å². The summed E-state index contributed by atoms with van der Waals surface area (Å²) in [5, 5.41) is 3.07. The fourth-order valence-electron chi connectivity index (χ4n) is 1.90. The van der Waals surface area contributed by atoms with Crippen LogP contribution in [0.15, 0.2) is 0 Å². The van der Waals surface area contributed by atoms with Gasteiger partial charge in [-0.2, -0.15) is 13.2 Å². The van der Waals surface area contributed by atoms with Gasteiger partial charge in [0.15, 0.2) is 0 Å². The first kappa shape index (κ1) is 12.7. The van der Waals surface area contributed by atoms with Crippen LogP contribution in [0.1, 0.15) is 12.8 Å². The molecule has 1 rings (SSSR count). The molecule has 15 heavy (non-hydrogen) atoms. The number of nitrogens with zero attached hydrogens (tertiary/aromatic N) is 1. The normalized spacial score (nSPS) is 19.8. The smallest absolute Gasteiger partial charge is 0.317 e. The van der Waals surface area contributed by atoms with Crippen LogP contribution in [0.4, 0.5) is 17.6 Å². The minimum atomic E-state index is -4.24. The van der Waals surface area contributed by atoms with Gasteiger partial charge in [0.1, 0.15) is 6.67 Å². The molecule has 0 aromatic rings. The van der Waals surface area contributed by atoms with E-state index in [0.29, 0.717) is 25.9 Å². The molecule has 2 nitrogen and oxygen atoms in total. The van der Waals surface area contributed by atoms with Crippen molar-refractivity contribution >= 4 is 0 Å². The Morgan fingerprint density at radius 2 is 1.80 bits per heavy atom. The second kappa shape index (κ2) is 5.65. The van der Waals surface area contributed by atoms with Crippen molar-refractivity contribution in [2.75, 3.05) is 32.9 Å². The summed E-state index contributed by atoms with van der Waals surface area (Å²) in [6, 6.07) is -0.136. The molecule has 1 fully saturated rings. The van der Waals surface area contributed by atoms with E-state index in [1.54, 1.807) is 0 Å². The fraction of sp³-hybridized carbons (Fsp3) is 1.00. The number of halogens is 4. The standard InChI is InChI=1S/C9H16F4N2/c10-3-6-15(7-9(11,12)13)8-1-4-14-5-2-8/h8,14H,1-7H2. The Kier molecular flexibility index (Phi) is 4.79. The molecule has 0 bridgehead atoms. The molecule has 0 aromatic carbocycles. The number of rotatable bonds is 4. The summed E-state index contributed by atoms with van der Waals surface area (Å²) in [6.45, 7) is -0.414. The minimum Gasteiger partial charge on any atom is -0.317 e. The molecule has 90 valence electrons. The van der Waals surface area contributed by atoms with Crippen LogP contribution >= 0.6 is 0 Å². The summed E-state index contributed by atoms with van der Waals surface area (Å²) < 4.78 is 48.8. The van der Waals surface area contributed by atoms with Crippen molar-refractivity contribution in [3.63, 3.8) is 0 Å². The highest BCUT2D eigenvalue weighted by Crippen LogP contribution is 2.20. The van der Waals surface area contributed by atoms with E-state index >= 15 is 0 Å². The van der Waals surface area contributed by atoms with E-state index in [1.165, 1.54) is 4.90 Å². The van der Waals surface area contributed by atoms with Gasteiger partial charge in [0.2, 0.25) is 0 Å². The van der Waals surface area contributed by atoms with Gasteiger partial charge in [-0.3, -0.25) is 4.90 Å². The molecule has 0 unspecified atom stereocenters. The van der Waals surface area contributed by atoms with Crippen LogP contribution in [0.5, 0.6) is 0 Å². The maximum atomic E-state index is 12.2. The first-order valence-corrected chi connectivity index (χ1v) is 5.10. The largest absolute Gasteiger partial charge is 0.401 e. The third-order valence-corrected chi connectivity index (χ3v) is 2.58. The summed E-state index contributed by atoms with van der Waals surface area (Å²) in [6.07, 6.45) is -2.91. The van der Waals surface area contributed by atoms with Crippen LogP contribution in [0.25, 0.3) is 0 Å². The van der Waals surface area contributed by atoms with Crippen LogP contribution in [0.2, 0.25) is 0 Å². The fourth-order valence-corrected chi connectivity index (χ4v) is 1.90. The van der Waals surface area contributed by atoms with Crippen LogP contribution < -0.4 is 5.32 Å². The van der Waals surface area contributed by atoms with Crippen LogP contribution in [-0.4, -0.2) is 50.0 Å². The maximum absolute atomic E-state index is 12.2. The quantitative estimate of drug-likeness (QED) is 0.735. The molecule has 6 heteroatoms. The minimum absolute atomic E-state index is 0.121. The van der Waals surface area contributed by atoms with Gasteiger partial charge in [-0.25, -0.2) is 4.39 Å². The highest BCUT2D eigenvalue weighted by Gasteiger charge is 2.33. The summed E-state index contributed by atoms with van der Waals surface area (Å²) in [5.41, 5.74) is 0. The van der Waals surface area contributed by atoms with Crippen molar-refractivity contribution in [2.45, 2.75) is 25.1 Å². The zero-order chi connectivity index (χ0) is 11.3. The van der Waals surface area contributed by atoms with Gasteiger partial charge in [-0.05, 0) is 25.9 Å². The molecule has 0 amide bonds. The number of piperidine rings is 1. The molecule has 1 heterocycles. The van der Waals surface area contributed by atoms with Crippen LogP contribution in [0, 0.1) is 0 Å². The summed E-state index contributed by atoms with van der Waals surface area (Å²) in [4.78, 5) is 1.21. The lowest BCUT2D eigenvalue weighted by Crippen LogP contribution is -2.47. The average Bonchev–Trinajstić information content (AvgIpc) is 2.17. The first-order chi connectivity index (χ1) is 7.03. The zero-order valence-electron chi connectivity index (χ0n) is 8.49. The highest BCUT2D eigenvalue weighted by molar-refractivity contribution is 4.79. The molecular formula is C9H16F4N2. The summed E-state index contributed by atoms with van der Waals surface area (Å²) in [5.74, 6) is 0. The molecule has 1 aliphatic rings. The lowest BCUT2D eigenvalue weighted by atomic mass is 10.0. The predicted octanol–water partition coefficient (Wildman–Crippen LogP) is 1.57. The maximum Gasteiger partial charge on any atom is 0.401 e. The molecule has 1 saturated heterocycles. The molecule has 1 aliphatic heterocycles. The van der Waals surface area contributed by atoms with Gasteiger partial charge in [0, 0.05) is 12.6 Å². The second-order valence-electron chi connectivity index (χ2n) is 3.76. The monoisotopic (exact) mass is 228 g/mol. The van der Waals surface area contributed by atoms with Crippen molar-refractivity contribution in [1.29, 1.82) is 0 Å². The van der Waals surface area contributed by atoms with E-state index in [4.69, 9.17) is 0 Å². The van der Waals surface area contributed by atoms with Gasteiger partial charge in [-0.1, -0.05) is 0 Å². The van der Waals surface area contributed by atoms with Gasteiger partial charge in [0.25, 0.3) is 0 Å². The zero-order valence-corrected chi connectivity index (χ0v) is 8.49. The van der Waals surface area contributed by atoms with Crippen molar-refractivity contribution in [1.82, 2.24) is 10.2 Å². The van der Waals surface area contributed by atoms with E-state index in [-0.39, 0.29) is 12.6 Å². The lowest BCUT2D eigenvalue weighted by molar-refractivity contribution is -0.152. The Bertz CT molecular complexity index is 177. The molecule has 0 aliphatic carbocycles. The second-order valence-corrected chi connectivity index (χ2v) is 3.76. The Morgan fingerprint density at radius 1 is 1.20 bits per heavy atom. The molecule has 0 atom stereocenters. The molecule has 0 spiro atoms. The van der Waals surface area contributed by atoms with Gasteiger partial charge in [-0.15, -0.1) is 0 Å². The van der Waals surface area contributed by atoms with E-state index in [1.807, 2.05) is 0 Å².